The lowest BCUT2D eigenvalue weighted by Crippen LogP contribution is -2.45. The van der Waals surface area contributed by atoms with Crippen LogP contribution in [-0.2, 0) is 19.5 Å². The minimum absolute atomic E-state index is 0.103. The number of benzene rings is 1. The molecule has 0 bridgehead atoms. The fraction of sp³-hybridized carbons (Fsp3) is 0.267. The van der Waals surface area contributed by atoms with Gasteiger partial charge < -0.3 is 9.47 Å². The van der Waals surface area contributed by atoms with E-state index in [1.807, 2.05) is 0 Å². The number of hydrogen-bond acceptors (Lipinski definition) is 5. The van der Waals surface area contributed by atoms with Crippen LogP contribution >= 0.6 is 11.6 Å². The van der Waals surface area contributed by atoms with Gasteiger partial charge in [0.05, 0.1) is 18.4 Å². The molecular weight excluding hydrogens is 342 g/mol. The highest BCUT2D eigenvalue weighted by Crippen LogP contribution is 2.33. The minimum atomic E-state index is -3.97. The molecule has 0 spiro atoms. The summed E-state index contributed by atoms with van der Waals surface area (Å²) in [6.07, 6.45) is 6.03. The summed E-state index contributed by atoms with van der Waals surface area (Å²) in [6, 6.07) is 6.14. The highest BCUT2D eigenvalue weighted by molar-refractivity contribution is 7.93. The van der Waals surface area contributed by atoms with Crippen LogP contribution in [0.2, 0.25) is 0 Å². The monoisotopic (exact) mass is 357 g/mol. The molecule has 0 radical (unpaired) electrons. The molecule has 6 nitrogen and oxygen atoms in total. The Morgan fingerprint density at radius 1 is 1.26 bits per heavy atom. The molecular formula is C15H16ClNO5S. The van der Waals surface area contributed by atoms with Gasteiger partial charge in [0.2, 0.25) is 10.0 Å². The van der Waals surface area contributed by atoms with Gasteiger partial charge in [-0.2, -0.15) is 0 Å². The van der Waals surface area contributed by atoms with Crippen LogP contribution in [0.4, 0.5) is 5.69 Å². The Morgan fingerprint density at radius 2 is 1.96 bits per heavy atom. The fourth-order valence-electron chi connectivity index (χ4n) is 2.15. The molecule has 0 heterocycles. The van der Waals surface area contributed by atoms with Crippen molar-refractivity contribution in [2.75, 3.05) is 18.9 Å². The number of sulfonamides is 1. The molecule has 1 aromatic carbocycles. The van der Waals surface area contributed by atoms with Crippen molar-refractivity contribution in [2.24, 2.45) is 0 Å². The van der Waals surface area contributed by atoms with Gasteiger partial charge in [-0.3, -0.25) is 4.72 Å². The molecule has 1 aliphatic carbocycles. The number of carbonyl (C=O) groups excluding carboxylic acids is 1. The predicted octanol–water partition coefficient (Wildman–Crippen LogP) is 2.29. The molecule has 1 N–H and O–H groups in total. The van der Waals surface area contributed by atoms with Crippen molar-refractivity contribution < 1.29 is 22.7 Å². The molecule has 124 valence electrons. The van der Waals surface area contributed by atoms with Crippen LogP contribution in [0.3, 0.4) is 0 Å². The van der Waals surface area contributed by atoms with Gasteiger partial charge in [-0.1, -0.05) is 42.0 Å². The second-order valence-electron chi connectivity index (χ2n) is 4.75. The number of esters is 1. The molecule has 0 saturated carbocycles. The van der Waals surface area contributed by atoms with E-state index in [0.29, 0.717) is 0 Å². The van der Waals surface area contributed by atoms with Crippen molar-refractivity contribution in [1.29, 1.82) is 0 Å². The van der Waals surface area contributed by atoms with E-state index in [9.17, 15) is 13.2 Å². The number of anilines is 1. The maximum atomic E-state index is 12.7. The van der Waals surface area contributed by atoms with Crippen LogP contribution in [0.25, 0.3) is 0 Å². The molecule has 8 heteroatoms. The van der Waals surface area contributed by atoms with E-state index >= 15 is 0 Å². The molecule has 2 rings (SSSR count). The van der Waals surface area contributed by atoms with Crippen LogP contribution in [0, 0.1) is 0 Å². The third-order valence-electron chi connectivity index (χ3n) is 3.34. The number of rotatable bonds is 5. The Balaban J connectivity index is 2.38. The fourth-order valence-corrected chi connectivity index (χ4v) is 4.16. The average molecular weight is 358 g/mol. The summed E-state index contributed by atoms with van der Waals surface area (Å²) in [5, 5.41) is -2.70. The largest absolute Gasteiger partial charge is 0.465 e. The maximum Gasteiger partial charge on any atom is 0.339 e. The van der Waals surface area contributed by atoms with Gasteiger partial charge in [0, 0.05) is 7.11 Å². The first-order chi connectivity index (χ1) is 10.8. The Labute approximate surface area is 139 Å². The average Bonchev–Trinajstić information content (AvgIpc) is 2.54. The summed E-state index contributed by atoms with van der Waals surface area (Å²) in [6.45, 7) is 0. The SMILES string of the molecule is COC(=O)c1ccccc1NS(=O)(=O)C1C=CC=CC1(Cl)OC. The number of carbonyl (C=O) groups is 1. The van der Waals surface area contributed by atoms with Gasteiger partial charge in [0.25, 0.3) is 0 Å². The number of ether oxygens (including phenoxy) is 2. The van der Waals surface area contributed by atoms with E-state index in [1.165, 1.54) is 38.5 Å². The second-order valence-corrected chi connectivity index (χ2v) is 7.14. The van der Waals surface area contributed by atoms with Crippen LogP contribution < -0.4 is 4.72 Å². The van der Waals surface area contributed by atoms with Crippen molar-refractivity contribution in [3.05, 3.63) is 54.1 Å². The zero-order chi connectivity index (χ0) is 17.1. The lowest BCUT2D eigenvalue weighted by molar-refractivity contribution is 0.0602. The highest BCUT2D eigenvalue weighted by atomic mass is 35.5. The van der Waals surface area contributed by atoms with E-state index in [4.69, 9.17) is 16.3 Å². The molecule has 0 amide bonds. The normalized spacial score (nSPS) is 23.5. The topological polar surface area (TPSA) is 81.7 Å². The van der Waals surface area contributed by atoms with Crippen molar-refractivity contribution in [2.45, 2.75) is 10.3 Å². The first-order valence-corrected chi connectivity index (χ1v) is 8.55. The number of para-hydroxylation sites is 1. The van der Waals surface area contributed by atoms with Crippen molar-refractivity contribution in [3.63, 3.8) is 0 Å². The lowest BCUT2D eigenvalue weighted by Gasteiger charge is -2.31. The molecule has 1 aromatic rings. The molecule has 0 aliphatic heterocycles. The summed E-state index contributed by atoms with van der Waals surface area (Å²) < 4.78 is 37.5. The highest BCUT2D eigenvalue weighted by Gasteiger charge is 2.43. The summed E-state index contributed by atoms with van der Waals surface area (Å²) in [5.74, 6) is -0.647. The van der Waals surface area contributed by atoms with Crippen LogP contribution in [0.15, 0.2) is 48.6 Å². The number of methoxy groups -OCH3 is 2. The van der Waals surface area contributed by atoms with Crippen LogP contribution in [-0.4, -0.2) is 38.9 Å². The second kappa shape index (κ2) is 6.74. The number of hydrogen-bond donors (Lipinski definition) is 1. The van der Waals surface area contributed by atoms with Crippen LogP contribution in [0.1, 0.15) is 10.4 Å². The van der Waals surface area contributed by atoms with Gasteiger partial charge >= 0.3 is 5.97 Å². The zero-order valence-corrected chi connectivity index (χ0v) is 14.1. The van der Waals surface area contributed by atoms with E-state index in [0.717, 1.165) is 0 Å². The van der Waals surface area contributed by atoms with Gasteiger partial charge in [0.1, 0.15) is 5.25 Å². The van der Waals surface area contributed by atoms with Gasteiger partial charge in [-0.25, -0.2) is 13.2 Å². The van der Waals surface area contributed by atoms with Crippen molar-refractivity contribution >= 4 is 33.3 Å². The van der Waals surface area contributed by atoms with E-state index < -0.39 is 26.3 Å². The molecule has 23 heavy (non-hydrogen) atoms. The number of nitrogens with one attached hydrogen (secondary N) is 1. The van der Waals surface area contributed by atoms with Crippen molar-refractivity contribution in [3.8, 4) is 0 Å². The summed E-state index contributed by atoms with van der Waals surface area (Å²) in [4.78, 5) is 11.7. The molecule has 0 aromatic heterocycles. The molecule has 0 fully saturated rings. The summed E-state index contributed by atoms with van der Waals surface area (Å²) in [7, 11) is -1.43. The molecule has 0 saturated heterocycles. The number of halogens is 1. The Kier molecular flexibility index (Phi) is 5.13. The third-order valence-corrected chi connectivity index (χ3v) is 5.67. The number of alkyl halides is 1. The summed E-state index contributed by atoms with van der Waals surface area (Å²) >= 11 is 6.23. The van der Waals surface area contributed by atoms with Crippen molar-refractivity contribution in [1.82, 2.24) is 0 Å². The smallest absolute Gasteiger partial charge is 0.339 e. The first-order valence-electron chi connectivity index (χ1n) is 6.63. The van der Waals surface area contributed by atoms with Gasteiger partial charge in [-0.15, -0.1) is 0 Å². The van der Waals surface area contributed by atoms with E-state index in [1.54, 1.807) is 24.3 Å². The zero-order valence-electron chi connectivity index (χ0n) is 12.5. The quantitative estimate of drug-likeness (QED) is 0.646. The number of allylic oxidation sites excluding steroid dienone is 2. The van der Waals surface area contributed by atoms with Gasteiger partial charge in [-0.05, 0) is 18.2 Å². The third kappa shape index (κ3) is 3.57. The van der Waals surface area contributed by atoms with E-state index in [-0.39, 0.29) is 11.3 Å². The first kappa shape index (κ1) is 17.5. The Morgan fingerprint density at radius 3 is 2.61 bits per heavy atom. The maximum absolute atomic E-state index is 12.7. The molecule has 2 unspecified atom stereocenters. The minimum Gasteiger partial charge on any atom is -0.465 e. The Hall–Kier alpha value is -1.83. The predicted molar refractivity (Wildman–Crippen MR) is 88.0 cm³/mol. The molecule has 1 aliphatic rings. The molecule has 2 atom stereocenters. The van der Waals surface area contributed by atoms with Crippen LogP contribution in [0.5, 0.6) is 0 Å². The van der Waals surface area contributed by atoms with E-state index in [2.05, 4.69) is 9.46 Å². The standard InChI is InChI=1S/C15H16ClNO5S/c1-21-14(18)11-7-3-4-8-12(11)17-23(19,20)13-9-5-6-10-15(13,16)22-2/h3-10,13,17H,1-2H3. The van der Waals surface area contributed by atoms with Gasteiger partial charge in [0.15, 0.2) is 5.06 Å². The Bertz CT molecular complexity index is 759. The lowest BCUT2D eigenvalue weighted by atomic mass is 10.1. The summed E-state index contributed by atoms with van der Waals surface area (Å²) in [5.41, 5.74) is 0.212.